The van der Waals surface area contributed by atoms with Crippen molar-refractivity contribution in [1.29, 1.82) is 0 Å². The minimum absolute atomic E-state index is 0.0274. The van der Waals surface area contributed by atoms with Gasteiger partial charge in [-0.15, -0.1) is 0 Å². The maximum Gasteiger partial charge on any atom is 0.252 e. The van der Waals surface area contributed by atoms with Crippen LogP contribution in [0, 0.1) is 13.8 Å². The van der Waals surface area contributed by atoms with Gasteiger partial charge in [0.2, 0.25) is 0 Å². The van der Waals surface area contributed by atoms with Crippen LogP contribution in [0.25, 0.3) is 0 Å². The molecule has 0 spiro atoms. The fourth-order valence-electron chi connectivity index (χ4n) is 2.98. The first-order valence-corrected chi connectivity index (χ1v) is 9.09. The maximum atomic E-state index is 12.1. The van der Waals surface area contributed by atoms with E-state index in [-0.39, 0.29) is 11.7 Å². The van der Waals surface area contributed by atoms with Crippen LogP contribution in [0.1, 0.15) is 41.1 Å². The van der Waals surface area contributed by atoms with Crippen LogP contribution >= 0.6 is 0 Å². The normalized spacial score (nSPS) is 12.0. The highest BCUT2D eigenvalue weighted by Gasteiger charge is 2.09. The van der Waals surface area contributed by atoms with Gasteiger partial charge in [0.25, 0.3) is 5.56 Å². The summed E-state index contributed by atoms with van der Waals surface area (Å²) in [5.74, 6) is 0.830. The molecule has 1 atom stereocenters. The molecule has 0 bridgehead atoms. The summed E-state index contributed by atoms with van der Waals surface area (Å²) in [6.07, 6.45) is 1.72. The van der Waals surface area contributed by atoms with E-state index in [0.29, 0.717) is 13.1 Å². The summed E-state index contributed by atoms with van der Waals surface area (Å²) in [7, 11) is 0. The molecule has 1 unspecified atom stereocenters. The minimum Gasteiger partial charge on any atom is -0.484 e. The van der Waals surface area contributed by atoms with Gasteiger partial charge < -0.3 is 15.0 Å². The van der Waals surface area contributed by atoms with E-state index in [2.05, 4.69) is 15.3 Å². The Morgan fingerprint density at radius 1 is 1.11 bits per heavy atom. The molecule has 2 aromatic heterocycles. The van der Waals surface area contributed by atoms with Gasteiger partial charge in [-0.2, -0.15) is 0 Å². The highest BCUT2D eigenvalue weighted by atomic mass is 16.5. The molecule has 0 aliphatic heterocycles. The zero-order valence-corrected chi connectivity index (χ0v) is 16.0. The number of ether oxygens (including phenoxy) is 1. The molecular weight excluding hydrogens is 338 g/mol. The molecule has 3 aromatic rings. The lowest BCUT2D eigenvalue weighted by molar-refractivity contribution is 0.222. The van der Waals surface area contributed by atoms with E-state index in [1.807, 2.05) is 75.5 Å². The number of nitrogens with zero attached hydrogens (tertiary/aromatic N) is 1. The van der Waals surface area contributed by atoms with Crippen molar-refractivity contribution in [3.8, 4) is 5.75 Å². The van der Waals surface area contributed by atoms with E-state index in [9.17, 15) is 4.79 Å². The Kier molecular flexibility index (Phi) is 6.04. The number of pyridine rings is 2. The summed E-state index contributed by atoms with van der Waals surface area (Å²) in [4.78, 5) is 19.4. The van der Waals surface area contributed by atoms with Crippen LogP contribution in [0.2, 0.25) is 0 Å². The van der Waals surface area contributed by atoms with E-state index < -0.39 is 0 Å². The number of hydrogen-bond acceptors (Lipinski definition) is 4. The van der Waals surface area contributed by atoms with Gasteiger partial charge in [-0.3, -0.25) is 9.78 Å². The lowest BCUT2D eigenvalue weighted by Crippen LogP contribution is -2.22. The summed E-state index contributed by atoms with van der Waals surface area (Å²) >= 11 is 0. The SMILES string of the molecule is Cc1cc(C)c(CNCc2ccc(C(C)Oc3ccccc3)nc2)c(=O)[nH]1. The monoisotopic (exact) mass is 363 g/mol. The van der Waals surface area contributed by atoms with Crippen molar-refractivity contribution in [1.82, 2.24) is 15.3 Å². The lowest BCUT2D eigenvalue weighted by Gasteiger charge is -2.14. The molecule has 0 fully saturated rings. The topological polar surface area (TPSA) is 67.0 Å². The minimum atomic E-state index is -0.122. The molecule has 0 aliphatic rings. The largest absolute Gasteiger partial charge is 0.484 e. The molecule has 27 heavy (non-hydrogen) atoms. The second kappa shape index (κ2) is 8.64. The lowest BCUT2D eigenvalue weighted by atomic mass is 10.1. The number of aromatic nitrogens is 2. The molecule has 1 aromatic carbocycles. The number of benzene rings is 1. The van der Waals surface area contributed by atoms with Gasteiger partial charge in [0.05, 0.1) is 5.69 Å². The highest BCUT2D eigenvalue weighted by molar-refractivity contribution is 5.25. The third-order valence-corrected chi connectivity index (χ3v) is 4.44. The van der Waals surface area contributed by atoms with Crippen molar-refractivity contribution in [2.45, 2.75) is 40.0 Å². The Morgan fingerprint density at radius 3 is 2.56 bits per heavy atom. The molecular formula is C22H25N3O2. The number of aryl methyl sites for hydroxylation is 2. The van der Waals surface area contributed by atoms with Gasteiger partial charge in [0.1, 0.15) is 11.9 Å². The van der Waals surface area contributed by atoms with Gasteiger partial charge in [0.15, 0.2) is 0 Å². The van der Waals surface area contributed by atoms with Crippen LogP contribution in [-0.4, -0.2) is 9.97 Å². The molecule has 0 aliphatic carbocycles. The van der Waals surface area contributed by atoms with Gasteiger partial charge in [-0.25, -0.2) is 0 Å². The fourth-order valence-corrected chi connectivity index (χ4v) is 2.98. The zero-order chi connectivity index (χ0) is 19.2. The van der Waals surface area contributed by atoms with Crippen LogP contribution in [-0.2, 0) is 13.1 Å². The van der Waals surface area contributed by atoms with Crippen molar-refractivity contribution in [2.75, 3.05) is 0 Å². The summed E-state index contributed by atoms with van der Waals surface area (Å²) in [5.41, 5.74) is 4.58. The number of H-pyrrole nitrogens is 1. The molecule has 5 heteroatoms. The van der Waals surface area contributed by atoms with E-state index in [1.54, 1.807) is 0 Å². The molecule has 2 heterocycles. The third kappa shape index (κ3) is 5.05. The van der Waals surface area contributed by atoms with E-state index in [1.165, 1.54) is 0 Å². The quantitative estimate of drug-likeness (QED) is 0.670. The number of nitrogens with one attached hydrogen (secondary N) is 2. The van der Waals surface area contributed by atoms with Crippen molar-refractivity contribution in [2.24, 2.45) is 0 Å². The molecule has 0 radical (unpaired) electrons. The van der Waals surface area contributed by atoms with Crippen LogP contribution in [0.5, 0.6) is 5.75 Å². The predicted molar refractivity (Wildman–Crippen MR) is 107 cm³/mol. The summed E-state index contributed by atoms with van der Waals surface area (Å²) in [6.45, 7) is 7.01. The Hall–Kier alpha value is -2.92. The molecule has 0 saturated heterocycles. The van der Waals surface area contributed by atoms with Crippen LogP contribution < -0.4 is 15.6 Å². The smallest absolute Gasteiger partial charge is 0.252 e. The van der Waals surface area contributed by atoms with Crippen molar-refractivity contribution in [3.05, 3.63) is 93.2 Å². The van der Waals surface area contributed by atoms with E-state index in [0.717, 1.165) is 33.8 Å². The average Bonchev–Trinajstić information content (AvgIpc) is 2.65. The standard InChI is InChI=1S/C22H25N3O2/c1-15-11-16(2)25-22(26)20(15)14-23-12-18-9-10-21(24-13-18)17(3)27-19-7-5-4-6-8-19/h4-11,13,17,23H,12,14H2,1-3H3,(H,25,26). The first-order valence-electron chi connectivity index (χ1n) is 9.09. The average molecular weight is 363 g/mol. The highest BCUT2D eigenvalue weighted by Crippen LogP contribution is 2.19. The second-order valence-corrected chi connectivity index (χ2v) is 6.71. The molecule has 2 N–H and O–H groups in total. The van der Waals surface area contributed by atoms with E-state index >= 15 is 0 Å². The molecule has 0 saturated carbocycles. The number of hydrogen-bond donors (Lipinski definition) is 2. The maximum absolute atomic E-state index is 12.1. The van der Waals surface area contributed by atoms with Crippen molar-refractivity contribution >= 4 is 0 Å². The summed E-state index contributed by atoms with van der Waals surface area (Å²) in [6, 6.07) is 15.7. The van der Waals surface area contributed by atoms with Gasteiger partial charge in [-0.05, 0) is 56.2 Å². The molecule has 0 amide bonds. The van der Waals surface area contributed by atoms with Gasteiger partial charge in [-0.1, -0.05) is 24.3 Å². The predicted octanol–water partition coefficient (Wildman–Crippen LogP) is 3.82. The fraction of sp³-hybridized carbons (Fsp3) is 0.273. The van der Waals surface area contributed by atoms with E-state index in [4.69, 9.17) is 4.74 Å². The van der Waals surface area contributed by atoms with Crippen LogP contribution in [0.3, 0.4) is 0 Å². The Labute approximate surface area is 159 Å². The molecule has 3 rings (SSSR count). The van der Waals surface area contributed by atoms with Crippen molar-refractivity contribution in [3.63, 3.8) is 0 Å². The molecule has 140 valence electrons. The first-order chi connectivity index (χ1) is 13.0. The summed E-state index contributed by atoms with van der Waals surface area (Å²) < 4.78 is 5.90. The van der Waals surface area contributed by atoms with Crippen LogP contribution in [0.4, 0.5) is 0 Å². The Morgan fingerprint density at radius 2 is 1.89 bits per heavy atom. The Bertz CT molecular complexity index is 934. The number of rotatable bonds is 7. The van der Waals surface area contributed by atoms with Gasteiger partial charge in [0, 0.05) is 30.5 Å². The van der Waals surface area contributed by atoms with Crippen LogP contribution in [0.15, 0.2) is 59.5 Å². The number of para-hydroxylation sites is 1. The second-order valence-electron chi connectivity index (χ2n) is 6.71. The van der Waals surface area contributed by atoms with Crippen molar-refractivity contribution < 1.29 is 4.74 Å². The first kappa shape index (κ1) is 18.9. The zero-order valence-electron chi connectivity index (χ0n) is 16.0. The van der Waals surface area contributed by atoms with Gasteiger partial charge >= 0.3 is 0 Å². The molecule has 5 nitrogen and oxygen atoms in total. The number of aromatic amines is 1. The Balaban J connectivity index is 1.56. The summed E-state index contributed by atoms with van der Waals surface area (Å²) in [5, 5.41) is 3.32. The third-order valence-electron chi connectivity index (χ3n) is 4.44.